The highest BCUT2D eigenvalue weighted by Crippen LogP contribution is 2.41. The molecule has 1 atom stereocenters. The van der Waals surface area contributed by atoms with Gasteiger partial charge in [0.2, 0.25) is 11.8 Å². The van der Waals surface area contributed by atoms with Crippen LogP contribution >= 0.6 is 0 Å². The minimum Gasteiger partial charge on any atom is -0.350 e. The average Bonchev–Trinajstić information content (AvgIpc) is 3.06. The van der Waals surface area contributed by atoms with Crippen molar-refractivity contribution >= 4 is 23.8 Å². The zero-order chi connectivity index (χ0) is 19.8. The summed E-state index contributed by atoms with van der Waals surface area (Å²) in [4.78, 5) is 50.1. The molecule has 8 heteroatoms. The molecular formula is C19H24N4O4. The number of hydrogen-bond donors (Lipinski definition) is 3. The molecule has 1 aromatic carbocycles. The number of carbonyl (C=O) groups is 4. The van der Waals surface area contributed by atoms with Crippen molar-refractivity contribution in [1.29, 1.82) is 0 Å². The second-order valence-corrected chi connectivity index (χ2v) is 7.96. The minimum atomic E-state index is -1.09. The van der Waals surface area contributed by atoms with Crippen LogP contribution in [-0.4, -0.2) is 47.3 Å². The number of nitrogens with one attached hydrogen (secondary N) is 3. The molecule has 1 aliphatic carbocycles. The predicted molar refractivity (Wildman–Crippen MR) is 97.6 cm³/mol. The zero-order valence-electron chi connectivity index (χ0n) is 15.7. The topological polar surface area (TPSA) is 108 Å². The third-order valence-electron chi connectivity index (χ3n) is 4.68. The molecule has 0 bridgehead atoms. The second-order valence-electron chi connectivity index (χ2n) is 7.96. The Kier molecular flexibility index (Phi) is 4.67. The molecule has 27 heavy (non-hydrogen) atoms. The fraction of sp³-hybridized carbons (Fsp3) is 0.474. The predicted octanol–water partition coefficient (Wildman–Crippen LogP) is 0.411. The van der Waals surface area contributed by atoms with Crippen molar-refractivity contribution in [2.75, 3.05) is 13.1 Å². The zero-order valence-corrected chi connectivity index (χ0v) is 15.7. The van der Waals surface area contributed by atoms with Gasteiger partial charge < -0.3 is 16.0 Å². The van der Waals surface area contributed by atoms with Crippen molar-refractivity contribution in [2.24, 2.45) is 0 Å². The summed E-state index contributed by atoms with van der Waals surface area (Å²) in [5.41, 5.74) is 0.319. The van der Waals surface area contributed by atoms with E-state index in [2.05, 4.69) is 16.0 Å². The van der Waals surface area contributed by atoms with Crippen LogP contribution in [0.15, 0.2) is 24.3 Å². The summed E-state index contributed by atoms with van der Waals surface area (Å²) in [7, 11) is 0. The lowest BCUT2D eigenvalue weighted by atomic mass is 9.92. The molecule has 1 saturated heterocycles. The molecule has 0 saturated carbocycles. The number of carbonyl (C=O) groups excluding carboxylic acids is 4. The Morgan fingerprint density at radius 2 is 1.89 bits per heavy atom. The van der Waals surface area contributed by atoms with Crippen molar-refractivity contribution in [1.82, 2.24) is 20.9 Å². The number of benzene rings is 1. The third-order valence-corrected chi connectivity index (χ3v) is 4.68. The molecule has 2 aliphatic rings. The van der Waals surface area contributed by atoms with Gasteiger partial charge in [-0.2, -0.15) is 0 Å². The van der Waals surface area contributed by atoms with E-state index in [1.165, 1.54) is 0 Å². The van der Waals surface area contributed by atoms with Crippen LogP contribution in [-0.2, 0) is 26.3 Å². The van der Waals surface area contributed by atoms with Gasteiger partial charge >= 0.3 is 6.03 Å². The number of fused-ring (bicyclic) bond motifs is 2. The summed E-state index contributed by atoms with van der Waals surface area (Å²) in [6.45, 7) is 4.86. The number of urea groups is 1. The normalized spacial score (nSPS) is 21.2. The lowest BCUT2D eigenvalue weighted by molar-refractivity contribution is -0.135. The molecule has 0 aromatic heterocycles. The van der Waals surface area contributed by atoms with Gasteiger partial charge in [0.15, 0.2) is 0 Å². The van der Waals surface area contributed by atoms with Gasteiger partial charge in [-0.15, -0.1) is 0 Å². The van der Waals surface area contributed by atoms with Crippen LogP contribution in [0.4, 0.5) is 4.79 Å². The second kappa shape index (κ2) is 6.68. The molecule has 1 fully saturated rings. The summed E-state index contributed by atoms with van der Waals surface area (Å²) < 4.78 is 0. The average molecular weight is 372 g/mol. The molecule has 1 aliphatic heterocycles. The van der Waals surface area contributed by atoms with Gasteiger partial charge in [-0.1, -0.05) is 24.3 Å². The van der Waals surface area contributed by atoms with Gasteiger partial charge in [-0.3, -0.25) is 19.3 Å². The molecule has 3 rings (SSSR count). The Labute approximate surface area is 157 Å². The number of imide groups is 1. The van der Waals surface area contributed by atoms with Crippen LogP contribution in [0.1, 0.15) is 38.3 Å². The van der Waals surface area contributed by atoms with Gasteiger partial charge in [0.05, 0.1) is 6.54 Å². The molecule has 1 spiro atoms. The first-order valence-electron chi connectivity index (χ1n) is 8.93. The highest BCUT2D eigenvalue weighted by atomic mass is 16.2. The molecule has 1 unspecified atom stereocenters. The van der Waals surface area contributed by atoms with Crippen molar-refractivity contribution in [2.45, 2.75) is 44.7 Å². The van der Waals surface area contributed by atoms with Crippen molar-refractivity contribution in [3.63, 3.8) is 0 Å². The summed E-state index contributed by atoms with van der Waals surface area (Å²) >= 11 is 0. The standard InChI is InChI=1S/C19H24N4O4/c1-18(2,3)21-14(24)10-20-15(25)11-23-16(26)19(22-17(23)27)9-8-12-6-4-5-7-13(12)19/h4-7H,8-11H2,1-3H3,(H,20,25)(H,21,24)(H,22,27). The van der Waals surface area contributed by atoms with E-state index in [9.17, 15) is 19.2 Å². The van der Waals surface area contributed by atoms with E-state index < -0.39 is 35.5 Å². The largest absolute Gasteiger partial charge is 0.350 e. The van der Waals surface area contributed by atoms with Crippen LogP contribution < -0.4 is 16.0 Å². The molecule has 5 amide bonds. The maximum Gasteiger partial charge on any atom is 0.325 e. The van der Waals surface area contributed by atoms with Gasteiger partial charge in [0.1, 0.15) is 12.1 Å². The summed E-state index contributed by atoms with van der Waals surface area (Å²) in [5.74, 6) is -1.33. The maximum atomic E-state index is 12.9. The Bertz CT molecular complexity index is 814. The molecule has 0 radical (unpaired) electrons. The first-order valence-corrected chi connectivity index (χ1v) is 8.93. The Hall–Kier alpha value is -2.90. The van der Waals surface area contributed by atoms with Crippen LogP contribution in [0.25, 0.3) is 0 Å². The van der Waals surface area contributed by atoms with Crippen molar-refractivity contribution in [3.8, 4) is 0 Å². The van der Waals surface area contributed by atoms with Crippen molar-refractivity contribution < 1.29 is 19.2 Å². The maximum absolute atomic E-state index is 12.9. The molecule has 1 aromatic rings. The molecule has 144 valence electrons. The quantitative estimate of drug-likeness (QED) is 0.666. The van der Waals surface area contributed by atoms with Crippen LogP contribution in [0, 0.1) is 0 Å². The first-order chi connectivity index (χ1) is 12.6. The van der Waals surface area contributed by atoms with Gasteiger partial charge in [-0.05, 0) is 44.7 Å². The molecule has 8 nitrogen and oxygen atoms in total. The van der Waals surface area contributed by atoms with E-state index in [0.29, 0.717) is 12.8 Å². The van der Waals surface area contributed by atoms with E-state index >= 15 is 0 Å². The SMILES string of the molecule is CC(C)(C)NC(=O)CNC(=O)CN1C(=O)NC2(CCc3ccccc32)C1=O. The van der Waals surface area contributed by atoms with E-state index in [0.717, 1.165) is 16.0 Å². The molecule has 3 N–H and O–H groups in total. The van der Waals surface area contributed by atoms with Crippen molar-refractivity contribution in [3.05, 3.63) is 35.4 Å². The van der Waals surface area contributed by atoms with Gasteiger partial charge in [-0.25, -0.2) is 4.79 Å². The summed E-state index contributed by atoms with van der Waals surface area (Å²) in [6.07, 6.45) is 1.16. The van der Waals surface area contributed by atoms with Crippen LogP contribution in [0.3, 0.4) is 0 Å². The highest BCUT2D eigenvalue weighted by molar-refractivity contribution is 6.10. The Balaban J connectivity index is 1.64. The molecular weight excluding hydrogens is 348 g/mol. The highest BCUT2D eigenvalue weighted by Gasteiger charge is 2.55. The van der Waals surface area contributed by atoms with Crippen LogP contribution in [0.5, 0.6) is 0 Å². The molecule has 1 heterocycles. The number of amides is 5. The number of aryl methyl sites for hydroxylation is 1. The van der Waals surface area contributed by atoms with Gasteiger partial charge in [0.25, 0.3) is 5.91 Å². The first kappa shape index (κ1) is 18.9. The van der Waals surface area contributed by atoms with Gasteiger partial charge in [0, 0.05) is 5.54 Å². The Morgan fingerprint density at radius 1 is 1.19 bits per heavy atom. The fourth-order valence-corrected chi connectivity index (χ4v) is 3.57. The number of hydrogen-bond acceptors (Lipinski definition) is 4. The Morgan fingerprint density at radius 3 is 2.59 bits per heavy atom. The van der Waals surface area contributed by atoms with E-state index in [1.807, 2.05) is 45.0 Å². The van der Waals surface area contributed by atoms with E-state index in [1.54, 1.807) is 0 Å². The summed E-state index contributed by atoms with van der Waals surface area (Å²) in [6, 6.07) is 6.90. The minimum absolute atomic E-state index is 0.215. The number of rotatable bonds is 4. The third kappa shape index (κ3) is 3.65. The van der Waals surface area contributed by atoms with E-state index in [-0.39, 0.29) is 12.5 Å². The smallest absolute Gasteiger partial charge is 0.325 e. The van der Waals surface area contributed by atoms with Crippen LogP contribution in [0.2, 0.25) is 0 Å². The lowest BCUT2D eigenvalue weighted by Gasteiger charge is -2.22. The fourth-order valence-electron chi connectivity index (χ4n) is 3.57. The number of nitrogens with zero attached hydrogens (tertiary/aromatic N) is 1. The summed E-state index contributed by atoms with van der Waals surface area (Å²) in [5, 5.41) is 7.93. The lowest BCUT2D eigenvalue weighted by Crippen LogP contribution is -2.48. The monoisotopic (exact) mass is 372 g/mol. The van der Waals surface area contributed by atoms with E-state index in [4.69, 9.17) is 0 Å².